The average molecular weight is 335 g/mol. The van der Waals surface area contributed by atoms with E-state index in [0.29, 0.717) is 5.82 Å². The van der Waals surface area contributed by atoms with Crippen LogP contribution in [0, 0.1) is 27.7 Å². The van der Waals surface area contributed by atoms with Crippen LogP contribution in [0.5, 0.6) is 0 Å². The highest BCUT2D eigenvalue weighted by molar-refractivity contribution is 6.06. The van der Waals surface area contributed by atoms with Gasteiger partial charge in [0.15, 0.2) is 11.5 Å². The quantitative estimate of drug-likeness (QED) is 0.672. The van der Waals surface area contributed by atoms with E-state index in [1.54, 1.807) is 0 Å². The lowest BCUT2D eigenvalue weighted by molar-refractivity contribution is 0.102. The highest BCUT2D eigenvalue weighted by Gasteiger charge is 2.18. The van der Waals surface area contributed by atoms with E-state index in [2.05, 4.69) is 33.0 Å². The molecule has 0 aliphatic carbocycles. The van der Waals surface area contributed by atoms with Crippen molar-refractivity contribution in [2.24, 2.45) is 0 Å². The molecule has 0 fully saturated rings. The first-order valence-corrected chi connectivity index (χ1v) is 8.08. The second-order valence-corrected chi connectivity index (χ2v) is 6.15. The number of benzene rings is 2. The van der Waals surface area contributed by atoms with Crippen molar-refractivity contribution in [1.82, 2.24) is 15.4 Å². The van der Waals surface area contributed by atoms with Crippen molar-refractivity contribution in [3.05, 3.63) is 64.3 Å². The van der Waals surface area contributed by atoms with Gasteiger partial charge in [0, 0.05) is 11.4 Å². The molecule has 0 spiro atoms. The Labute approximate surface area is 146 Å². The predicted octanol–water partition coefficient (Wildman–Crippen LogP) is 4.03. The number of nitrogens with zero attached hydrogens (tertiary/aromatic N) is 2. The fraction of sp³-hybridized carbons (Fsp3) is 0.211. The highest BCUT2D eigenvalue weighted by atomic mass is 16.2. The maximum atomic E-state index is 12.6. The van der Waals surface area contributed by atoms with Crippen molar-refractivity contribution in [2.45, 2.75) is 27.7 Å². The highest BCUT2D eigenvalue weighted by Crippen LogP contribution is 2.22. The first-order chi connectivity index (χ1) is 12.0. The van der Waals surface area contributed by atoms with E-state index in [0.717, 1.165) is 28.1 Å². The van der Waals surface area contributed by atoms with Crippen LogP contribution in [0.4, 0.5) is 17.2 Å². The van der Waals surface area contributed by atoms with E-state index in [1.165, 1.54) is 5.56 Å². The summed E-state index contributed by atoms with van der Waals surface area (Å²) in [5.41, 5.74) is 6.37. The predicted molar refractivity (Wildman–Crippen MR) is 99.5 cm³/mol. The van der Waals surface area contributed by atoms with Gasteiger partial charge in [0.2, 0.25) is 0 Å². The summed E-state index contributed by atoms with van der Waals surface area (Å²) in [5.74, 6) is 0.0832. The molecule has 1 amide bonds. The molecule has 0 aliphatic heterocycles. The molecule has 0 radical (unpaired) electrons. The molecule has 6 heteroatoms. The Hall–Kier alpha value is -3.15. The van der Waals surface area contributed by atoms with Crippen molar-refractivity contribution in [1.29, 1.82) is 0 Å². The van der Waals surface area contributed by atoms with E-state index < -0.39 is 0 Å². The third kappa shape index (κ3) is 3.52. The van der Waals surface area contributed by atoms with Crippen molar-refractivity contribution in [3.8, 4) is 0 Å². The van der Waals surface area contributed by atoms with Crippen LogP contribution in [0.15, 0.2) is 36.4 Å². The Morgan fingerprint density at radius 1 is 0.960 bits per heavy atom. The summed E-state index contributed by atoms with van der Waals surface area (Å²) >= 11 is 0. The molecule has 0 aliphatic rings. The molecule has 3 aromatic rings. The second-order valence-electron chi connectivity index (χ2n) is 6.15. The van der Waals surface area contributed by atoms with Crippen LogP contribution in [0.1, 0.15) is 32.7 Å². The van der Waals surface area contributed by atoms with Gasteiger partial charge in [0.1, 0.15) is 0 Å². The van der Waals surface area contributed by atoms with Gasteiger partial charge in [-0.2, -0.15) is 5.21 Å². The number of hydrogen-bond donors (Lipinski definition) is 3. The number of nitrogens with one attached hydrogen (secondary N) is 3. The van der Waals surface area contributed by atoms with Crippen LogP contribution >= 0.6 is 0 Å². The summed E-state index contributed by atoms with van der Waals surface area (Å²) in [7, 11) is 0. The number of rotatable bonds is 4. The first kappa shape index (κ1) is 16.7. The van der Waals surface area contributed by atoms with Crippen molar-refractivity contribution in [3.63, 3.8) is 0 Å². The van der Waals surface area contributed by atoms with E-state index in [4.69, 9.17) is 0 Å². The van der Waals surface area contributed by atoms with Crippen LogP contribution in [-0.4, -0.2) is 21.3 Å². The molecule has 0 saturated heterocycles. The maximum Gasteiger partial charge on any atom is 0.280 e. The summed E-state index contributed by atoms with van der Waals surface area (Å²) in [6.07, 6.45) is 0. The van der Waals surface area contributed by atoms with Gasteiger partial charge in [-0.3, -0.25) is 4.79 Å². The molecule has 0 saturated carbocycles. The summed E-state index contributed by atoms with van der Waals surface area (Å²) < 4.78 is 0. The molecule has 0 unspecified atom stereocenters. The lowest BCUT2D eigenvalue weighted by atomic mass is 10.1. The summed E-state index contributed by atoms with van der Waals surface area (Å²) in [5, 5.41) is 16.6. The molecule has 2 aromatic carbocycles. The average Bonchev–Trinajstić information content (AvgIpc) is 3.03. The standard InChI is InChI=1S/C19H21N5O/c1-11-8-9-15(10-13(11)3)20-18-17(22-24-23-18)19(25)21-16-7-5-6-12(2)14(16)4/h5-10H,1-4H3,(H,21,25)(H2,20,22,23,24). The van der Waals surface area contributed by atoms with Gasteiger partial charge in [-0.05, 0) is 68.1 Å². The van der Waals surface area contributed by atoms with Crippen molar-refractivity contribution >= 4 is 23.1 Å². The number of carbonyl (C=O) groups excluding carboxylic acids is 1. The first-order valence-electron chi connectivity index (χ1n) is 8.08. The monoisotopic (exact) mass is 335 g/mol. The summed E-state index contributed by atoms with van der Waals surface area (Å²) in [6, 6.07) is 11.8. The number of amides is 1. The third-order valence-electron chi connectivity index (χ3n) is 4.39. The Bertz CT molecular complexity index is 929. The molecule has 0 bridgehead atoms. The lowest BCUT2D eigenvalue weighted by Crippen LogP contribution is -2.15. The van der Waals surface area contributed by atoms with Gasteiger partial charge in [-0.25, -0.2) is 0 Å². The molecule has 1 aromatic heterocycles. The largest absolute Gasteiger partial charge is 0.337 e. The van der Waals surface area contributed by atoms with E-state index in [-0.39, 0.29) is 11.6 Å². The van der Waals surface area contributed by atoms with Gasteiger partial charge in [-0.1, -0.05) is 18.2 Å². The van der Waals surface area contributed by atoms with Crippen LogP contribution < -0.4 is 10.6 Å². The third-order valence-corrected chi connectivity index (χ3v) is 4.39. The van der Waals surface area contributed by atoms with Crippen LogP contribution in [0.3, 0.4) is 0 Å². The van der Waals surface area contributed by atoms with Gasteiger partial charge < -0.3 is 10.6 Å². The maximum absolute atomic E-state index is 12.6. The Kier molecular flexibility index (Phi) is 4.52. The number of anilines is 3. The SMILES string of the molecule is Cc1ccc(Nc2n[nH]nc2C(=O)Nc2cccc(C)c2C)cc1C. The lowest BCUT2D eigenvalue weighted by Gasteiger charge is -2.10. The van der Waals surface area contributed by atoms with E-state index in [1.807, 2.05) is 57.2 Å². The second kappa shape index (κ2) is 6.76. The zero-order chi connectivity index (χ0) is 18.0. The number of aryl methyl sites for hydroxylation is 3. The fourth-order valence-corrected chi connectivity index (χ4v) is 2.50. The fourth-order valence-electron chi connectivity index (χ4n) is 2.50. The molecule has 0 atom stereocenters. The number of aromatic amines is 1. The zero-order valence-electron chi connectivity index (χ0n) is 14.8. The summed E-state index contributed by atoms with van der Waals surface area (Å²) in [4.78, 5) is 12.6. The Morgan fingerprint density at radius 2 is 1.76 bits per heavy atom. The van der Waals surface area contributed by atoms with E-state index in [9.17, 15) is 4.79 Å². The number of carbonyl (C=O) groups is 1. The molecule has 6 nitrogen and oxygen atoms in total. The number of hydrogen-bond acceptors (Lipinski definition) is 4. The molecule has 3 rings (SSSR count). The molecule has 1 heterocycles. The molecule has 128 valence electrons. The minimum atomic E-state index is -0.311. The molecular formula is C19H21N5O. The smallest absolute Gasteiger partial charge is 0.280 e. The Balaban J connectivity index is 1.82. The van der Waals surface area contributed by atoms with Gasteiger partial charge in [0.05, 0.1) is 0 Å². The van der Waals surface area contributed by atoms with E-state index >= 15 is 0 Å². The topological polar surface area (TPSA) is 82.7 Å². The minimum absolute atomic E-state index is 0.221. The minimum Gasteiger partial charge on any atom is -0.337 e. The zero-order valence-corrected chi connectivity index (χ0v) is 14.8. The normalized spacial score (nSPS) is 10.6. The van der Waals surface area contributed by atoms with Crippen LogP contribution in [0.2, 0.25) is 0 Å². The molecule has 25 heavy (non-hydrogen) atoms. The van der Waals surface area contributed by atoms with Gasteiger partial charge >= 0.3 is 0 Å². The Morgan fingerprint density at radius 3 is 2.52 bits per heavy atom. The van der Waals surface area contributed by atoms with Crippen molar-refractivity contribution in [2.75, 3.05) is 10.6 Å². The van der Waals surface area contributed by atoms with Crippen LogP contribution in [0.25, 0.3) is 0 Å². The summed E-state index contributed by atoms with van der Waals surface area (Å²) in [6.45, 7) is 8.07. The number of H-pyrrole nitrogens is 1. The molecule has 3 N–H and O–H groups in total. The van der Waals surface area contributed by atoms with Crippen LogP contribution in [-0.2, 0) is 0 Å². The van der Waals surface area contributed by atoms with Gasteiger partial charge in [-0.15, -0.1) is 10.2 Å². The van der Waals surface area contributed by atoms with Gasteiger partial charge in [0.25, 0.3) is 5.91 Å². The molecular weight excluding hydrogens is 314 g/mol. The van der Waals surface area contributed by atoms with Crippen molar-refractivity contribution < 1.29 is 4.79 Å². The number of aromatic nitrogens is 3.